The molecule has 0 saturated heterocycles. The molecule has 0 aliphatic heterocycles. The number of nitrogens with one attached hydrogen (secondary N) is 2. The molecule has 1 aromatic heterocycles. The molecule has 0 radical (unpaired) electrons. The predicted octanol–water partition coefficient (Wildman–Crippen LogP) is 2.83. The van der Waals surface area contributed by atoms with Crippen LogP contribution in [0.25, 0.3) is 0 Å². The van der Waals surface area contributed by atoms with Crippen LogP contribution in [0.5, 0.6) is 11.5 Å². The van der Waals surface area contributed by atoms with Gasteiger partial charge in [-0.3, -0.25) is 0 Å². The molecule has 0 aliphatic carbocycles. The standard InChI is InChI=1S/C17H25N5O2/c1-13(2)8-9-19-17-21-16(12-20-22-17)18-10-11-24-15-6-4-14(23-3)5-7-15/h4-7,12-13H,8-11H2,1-3H3,(H2,18,19,21,22). The minimum atomic E-state index is 0.520. The van der Waals surface area contributed by atoms with Crippen molar-refractivity contribution >= 4 is 11.8 Å². The summed E-state index contributed by atoms with van der Waals surface area (Å²) in [6, 6.07) is 7.49. The van der Waals surface area contributed by atoms with Crippen LogP contribution in [-0.4, -0.2) is 42.0 Å². The van der Waals surface area contributed by atoms with Crippen LogP contribution in [0.15, 0.2) is 30.5 Å². The number of anilines is 2. The lowest BCUT2D eigenvalue weighted by molar-refractivity contribution is 0.331. The van der Waals surface area contributed by atoms with Crippen molar-refractivity contribution in [3.05, 3.63) is 30.5 Å². The lowest BCUT2D eigenvalue weighted by atomic mass is 10.1. The first kappa shape index (κ1) is 17.8. The molecule has 0 bridgehead atoms. The Kier molecular flexibility index (Phi) is 7.07. The molecule has 0 spiro atoms. The molecule has 2 rings (SSSR count). The molecule has 0 saturated carbocycles. The third-order valence-electron chi connectivity index (χ3n) is 3.30. The molecule has 24 heavy (non-hydrogen) atoms. The van der Waals surface area contributed by atoms with E-state index in [1.165, 1.54) is 0 Å². The Balaban J connectivity index is 1.71. The maximum absolute atomic E-state index is 5.65. The fourth-order valence-electron chi connectivity index (χ4n) is 1.96. The molecule has 2 aromatic rings. The second-order valence-electron chi connectivity index (χ2n) is 5.73. The molecule has 0 atom stereocenters. The summed E-state index contributed by atoms with van der Waals surface area (Å²) in [5, 5.41) is 14.3. The topological polar surface area (TPSA) is 81.2 Å². The Hall–Kier alpha value is -2.57. The molecule has 1 heterocycles. The van der Waals surface area contributed by atoms with E-state index >= 15 is 0 Å². The molecule has 0 aliphatic rings. The van der Waals surface area contributed by atoms with E-state index in [0.29, 0.717) is 30.8 Å². The van der Waals surface area contributed by atoms with Gasteiger partial charge in [-0.25, -0.2) is 0 Å². The van der Waals surface area contributed by atoms with E-state index in [-0.39, 0.29) is 0 Å². The van der Waals surface area contributed by atoms with E-state index in [4.69, 9.17) is 9.47 Å². The van der Waals surface area contributed by atoms with Gasteiger partial charge in [0, 0.05) is 6.54 Å². The van der Waals surface area contributed by atoms with E-state index in [1.54, 1.807) is 13.3 Å². The van der Waals surface area contributed by atoms with E-state index in [2.05, 4.69) is 39.7 Å². The normalized spacial score (nSPS) is 10.5. The Labute approximate surface area is 142 Å². The van der Waals surface area contributed by atoms with Crippen molar-refractivity contribution in [1.82, 2.24) is 15.2 Å². The van der Waals surface area contributed by atoms with E-state index in [1.807, 2.05) is 24.3 Å². The van der Waals surface area contributed by atoms with Crippen LogP contribution < -0.4 is 20.1 Å². The van der Waals surface area contributed by atoms with Crippen LogP contribution in [0.2, 0.25) is 0 Å². The highest BCUT2D eigenvalue weighted by Gasteiger charge is 2.01. The average Bonchev–Trinajstić information content (AvgIpc) is 2.59. The molecular formula is C17H25N5O2. The zero-order valence-electron chi connectivity index (χ0n) is 14.5. The Bertz CT molecular complexity index is 604. The van der Waals surface area contributed by atoms with E-state index in [0.717, 1.165) is 24.5 Å². The number of rotatable bonds is 10. The largest absolute Gasteiger partial charge is 0.497 e. The van der Waals surface area contributed by atoms with Crippen molar-refractivity contribution in [2.75, 3.05) is 37.4 Å². The van der Waals surface area contributed by atoms with Gasteiger partial charge in [0.15, 0.2) is 5.82 Å². The summed E-state index contributed by atoms with van der Waals surface area (Å²) in [5.74, 6) is 3.47. The molecule has 130 valence electrons. The number of ether oxygens (including phenoxy) is 2. The number of hydrogen-bond donors (Lipinski definition) is 2. The Morgan fingerprint density at radius 2 is 1.79 bits per heavy atom. The van der Waals surface area contributed by atoms with Gasteiger partial charge in [-0.1, -0.05) is 13.8 Å². The quantitative estimate of drug-likeness (QED) is 0.648. The van der Waals surface area contributed by atoms with Crippen molar-refractivity contribution in [3.63, 3.8) is 0 Å². The zero-order valence-corrected chi connectivity index (χ0v) is 14.5. The van der Waals surface area contributed by atoms with Crippen LogP contribution in [-0.2, 0) is 0 Å². The molecule has 7 nitrogen and oxygen atoms in total. The second-order valence-corrected chi connectivity index (χ2v) is 5.73. The van der Waals surface area contributed by atoms with Gasteiger partial charge in [-0.15, -0.1) is 5.10 Å². The highest BCUT2D eigenvalue weighted by atomic mass is 16.5. The Morgan fingerprint density at radius 3 is 2.50 bits per heavy atom. The minimum absolute atomic E-state index is 0.520. The number of benzene rings is 1. The first-order chi connectivity index (χ1) is 11.7. The van der Waals surface area contributed by atoms with Gasteiger partial charge >= 0.3 is 0 Å². The maximum Gasteiger partial charge on any atom is 0.244 e. The van der Waals surface area contributed by atoms with Gasteiger partial charge in [-0.05, 0) is 36.6 Å². The number of nitrogens with zero attached hydrogens (tertiary/aromatic N) is 3. The average molecular weight is 331 g/mol. The number of methoxy groups -OCH3 is 1. The van der Waals surface area contributed by atoms with Gasteiger partial charge in [0.05, 0.1) is 19.9 Å². The van der Waals surface area contributed by atoms with Gasteiger partial charge < -0.3 is 20.1 Å². The molecule has 1 aromatic carbocycles. The van der Waals surface area contributed by atoms with Gasteiger partial charge in [0.2, 0.25) is 5.95 Å². The highest BCUT2D eigenvalue weighted by Crippen LogP contribution is 2.16. The maximum atomic E-state index is 5.65. The number of aromatic nitrogens is 3. The van der Waals surface area contributed by atoms with Crippen LogP contribution in [0.4, 0.5) is 11.8 Å². The lowest BCUT2D eigenvalue weighted by Gasteiger charge is -2.10. The van der Waals surface area contributed by atoms with Crippen LogP contribution in [0, 0.1) is 5.92 Å². The Morgan fingerprint density at radius 1 is 1.04 bits per heavy atom. The zero-order chi connectivity index (χ0) is 17.2. The minimum Gasteiger partial charge on any atom is -0.497 e. The highest BCUT2D eigenvalue weighted by molar-refractivity contribution is 5.37. The summed E-state index contributed by atoms with van der Waals surface area (Å²) < 4.78 is 10.8. The third kappa shape index (κ3) is 6.28. The molecule has 0 unspecified atom stereocenters. The first-order valence-corrected chi connectivity index (χ1v) is 8.11. The fourth-order valence-corrected chi connectivity index (χ4v) is 1.96. The molecule has 7 heteroatoms. The van der Waals surface area contributed by atoms with Crippen LogP contribution in [0.3, 0.4) is 0 Å². The van der Waals surface area contributed by atoms with Crippen LogP contribution in [0.1, 0.15) is 20.3 Å². The fraction of sp³-hybridized carbons (Fsp3) is 0.471. The number of hydrogen-bond acceptors (Lipinski definition) is 7. The smallest absolute Gasteiger partial charge is 0.244 e. The molecule has 2 N–H and O–H groups in total. The van der Waals surface area contributed by atoms with Crippen molar-refractivity contribution in [1.29, 1.82) is 0 Å². The van der Waals surface area contributed by atoms with Crippen molar-refractivity contribution < 1.29 is 9.47 Å². The van der Waals surface area contributed by atoms with E-state index < -0.39 is 0 Å². The van der Waals surface area contributed by atoms with Gasteiger partial charge in [0.25, 0.3) is 0 Å². The van der Waals surface area contributed by atoms with Crippen molar-refractivity contribution in [2.45, 2.75) is 20.3 Å². The van der Waals surface area contributed by atoms with Gasteiger partial charge in [-0.2, -0.15) is 10.1 Å². The van der Waals surface area contributed by atoms with Crippen LogP contribution >= 0.6 is 0 Å². The summed E-state index contributed by atoms with van der Waals surface area (Å²) in [7, 11) is 1.64. The lowest BCUT2D eigenvalue weighted by Crippen LogP contribution is -2.14. The molecular weight excluding hydrogens is 306 g/mol. The second kappa shape index (κ2) is 9.54. The van der Waals surface area contributed by atoms with Crippen molar-refractivity contribution in [3.8, 4) is 11.5 Å². The summed E-state index contributed by atoms with van der Waals surface area (Å²) in [6.45, 7) is 6.34. The summed E-state index contributed by atoms with van der Waals surface area (Å²) in [6.07, 6.45) is 2.66. The first-order valence-electron chi connectivity index (χ1n) is 8.11. The molecule has 0 amide bonds. The van der Waals surface area contributed by atoms with Gasteiger partial charge in [0.1, 0.15) is 18.1 Å². The summed E-state index contributed by atoms with van der Waals surface area (Å²) in [5.41, 5.74) is 0. The SMILES string of the molecule is COc1ccc(OCCNc2cnnc(NCCC(C)C)n2)cc1. The summed E-state index contributed by atoms with van der Waals surface area (Å²) in [4.78, 5) is 4.37. The third-order valence-corrected chi connectivity index (χ3v) is 3.30. The monoisotopic (exact) mass is 331 g/mol. The molecule has 0 fully saturated rings. The van der Waals surface area contributed by atoms with Crippen molar-refractivity contribution in [2.24, 2.45) is 5.92 Å². The predicted molar refractivity (Wildman–Crippen MR) is 94.8 cm³/mol. The summed E-state index contributed by atoms with van der Waals surface area (Å²) >= 11 is 0. The van der Waals surface area contributed by atoms with E-state index in [9.17, 15) is 0 Å².